The van der Waals surface area contributed by atoms with Crippen molar-refractivity contribution >= 4 is 80.2 Å². The third kappa shape index (κ3) is 5.17. The van der Waals surface area contributed by atoms with Crippen LogP contribution < -0.4 is 10.6 Å². The number of hydrogen-bond donors (Lipinski definition) is 2. The zero-order chi connectivity index (χ0) is 23.5. The van der Waals surface area contributed by atoms with Crippen LogP contribution in [0, 0.1) is 0 Å². The molecular formula is C24H16ClN5O2S2. The fourth-order valence-corrected chi connectivity index (χ4v) is 4.97. The number of fused-ring (bicyclic) bond motifs is 1. The van der Waals surface area contributed by atoms with Crippen LogP contribution in [-0.2, 0) is 16.0 Å². The number of thiophene rings is 1. The zero-order valence-corrected chi connectivity index (χ0v) is 19.9. The Hall–Kier alpha value is -3.53. The van der Waals surface area contributed by atoms with Crippen molar-refractivity contribution in [1.82, 2.24) is 9.97 Å². The highest BCUT2D eigenvalue weighted by atomic mass is 35.5. The number of thioether (sulfide) groups is 1. The lowest BCUT2D eigenvalue weighted by Gasteiger charge is -2.10. The molecule has 0 radical (unpaired) electrons. The summed E-state index contributed by atoms with van der Waals surface area (Å²) in [6.45, 7) is 0. The second-order valence-corrected chi connectivity index (χ2v) is 9.73. The van der Waals surface area contributed by atoms with E-state index in [9.17, 15) is 9.59 Å². The molecule has 34 heavy (non-hydrogen) atoms. The molecule has 0 spiro atoms. The Labute approximate surface area is 208 Å². The topological polar surface area (TPSA) is 96.3 Å². The normalized spacial score (nSPS) is 14.4. The van der Waals surface area contributed by atoms with Crippen LogP contribution >= 0.6 is 34.7 Å². The van der Waals surface area contributed by atoms with Crippen molar-refractivity contribution in [1.29, 1.82) is 0 Å². The summed E-state index contributed by atoms with van der Waals surface area (Å²) in [4.78, 5) is 38.9. The summed E-state index contributed by atoms with van der Waals surface area (Å²) in [5.74, 6) is -0.466. The lowest BCUT2D eigenvalue weighted by molar-refractivity contribution is -0.115. The van der Waals surface area contributed by atoms with E-state index in [1.807, 2.05) is 35.7 Å². The number of carbonyl (C=O) groups excluding carboxylic acids is 2. The van der Waals surface area contributed by atoms with Crippen LogP contribution in [0.15, 0.2) is 76.2 Å². The van der Waals surface area contributed by atoms with E-state index in [2.05, 4.69) is 25.6 Å². The van der Waals surface area contributed by atoms with Crippen molar-refractivity contribution in [2.24, 2.45) is 4.99 Å². The van der Waals surface area contributed by atoms with Gasteiger partial charge in [-0.1, -0.05) is 23.7 Å². The molecule has 2 N–H and O–H groups in total. The van der Waals surface area contributed by atoms with Crippen LogP contribution in [0.5, 0.6) is 0 Å². The Morgan fingerprint density at radius 2 is 1.91 bits per heavy atom. The van der Waals surface area contributed by atoms with E-state index in [4.69, 9.17) is 11.6 Å². The van der Waals surface area contributed by atoms with E-state index in [-0.39, 0.29) is 11.8 Å². The average molecular weight is 506 g/mol. The Kier molecular flexibility index (Phi) is 6.39. The largest absolute Gasteiger partial charge is 0.333 e. The molecule has 4 aromatic rings. The third-order valence-electron chi connectivity index (χ3n) is 4.82. The Morgan fingerprint density at radius 1 is 1.06 bits per heavy atom. The van der Waals surface area contributed by atoms with Gasteiger partial charge in [-0.25, -0.2) is 0 Å². The highest BCUT2D eigenvalue weighted by molar-refractivity contribution is 8.18. The van der Waals surface area contributed by atoms with Gasteiger partial charge in [-0.05, 0) is 65.2 Å². The second-order valence-electron chi connectivity index (χ2n) is 7.26. The quantitative estimate of drug-likeness (QED) is 0.342. The number of hydrogen-bond acceptors (Lipinski definition) is 7. The fraction of sp³-hybridized carbons (Fsp3) is 0.0417. The van der Waals surface area contributed by atoms with Gasteiger partial charge in [-0.3, -0.25) is 19.6 Å². The summed E-state index contributed by atoms with van der Waals surface area (Å²) < 4.78 is 0. The maximum Gasteiger partial charge on any atom is 0.286 e. The number of carbonyl (C=O) groups is 2. The van der Waals surface area contributed by atoms with Gasteiger partial charge < -0.3 is 10.6 Å². The molecule has 3 heterocycles. The monoisotopic (exact) mass is 505 g/mol. The second kappa shape index (κ2) is 9.76. The van der Waals surface area contributed by atoms with Gasteiger partial charge >= 0.3 is 0 Å². The first kappa shape index (κ1) is 22.3. The molecule has 0 atom stereocenters. The van der Waals surface area contributed by atoms with Gasteiger partial charge in [0.15, 0.2) is 5.17 Å². The van der Waals surface area contributed by atoms with Crippen molar-refractivity contribution in [3.05, 3.63) is 86.7 Å². The van der Waals surface area contributed by atoms with E-state index >= 15 is 0 Å². The minimum Gasteiger partial charge on any atom is -0.333 e. The van der Waals surface area contributed by atoms with Gasteiger partial charge in [0.25, 0.3) is 5.91 Å². The van der Waals surface area contributed by atoms with Crippen molar-refractivity contribution < 1.29 is 9.59 Å². The first-order chi connectivity index (χ1) is 16.5. The van der Waals surface area contributed by atoms with Crippen molar-refractivity contribution in [3.8, 4) is 0 Å². The zero-order valence-electron chi connectivity index (χ0n) is 17.5. The molecule has 2 aromatic carbocycles. The Morgan fingerprint density at radius 3 is 2.74 bits per heavy atom. The molecule has 2 aromatic heterocycles. The standard InChI is InChI=1S/C24H16ClN5O2S2/c25-17-5-4-15(28-22(31)13-16-2-1-9-33-16)12-19(17)29-24-30-23(32)21(34-24)11-14-3-6-18-20(10-14)27-8-7-26-18/h1-12H,13H2,(H,28,31)(H,29,30,32)/b21-11-. The number of halogens is 1. The SMILES string of the molecule is O=C(Cc1cccs1)Nc1ccc(Cl)c(NC2=NC(=O)/C(=C/c3ccc4nccnc4c3)S2)c1. The molecule has 168 valence electrons. The highest BCUT2D eigenvalue weighted by Gasteiger charge is 2.23. The molecule has 0 saturated carbocycles. The van der Waals surface area contributed by atoms with Gasteiger partial charge in [-0.2, -0.15) is 4.99 Å². The highest BCUT2D eigenvalue weighted by Crippen LogP contribution is 2.32. The van der Waals surface area contributed by atoms with Gasteiger partial charge in [0.05, 0.1) is 33.1 Å². The van der Waals surface area contributed by atoms with E-state index in [1.165, 1.54) is 23.1 Å². The molecule has 0 saturated heterocycles. The van der Waals surface area contributed by atoms with Crippen LogP contribution in [0.4, 0.5) is 11.4 Å². The van der Waals surface area contributed by atoms with Crippen LogP contribution in [0.3, 0.4) is 0 Å². The lowest BCUT2D eigenvalue weighted by Crippen LogP contribution is -2.14. The van der Waals surface area contributed by atoms with Crippen molar-refractivity contribution in [2.45, 2.75) is 6.42 Å². The van der Waals surface area contributed by atoms with E-state index < -0.39 is 0 Å². The summed E-state index contributed by atoms with van der Waals surface area (Å²) in [7, 11) is 0. The summed E-state index contributed by atoms with van der Waals surface area (Å²) in [6.07, 6.45) is 5.33. The summed E-state index contributed by atoms with van der Waals surface area (Å²) >= 11 is 9.08. The molecule has 1 aliphatic rings. The molecule has 1 aliphatic heterocycles. The summed E-state index contributed by atoms with van der Waals surface area (Å²) in [5.41, 5.74) is 3.49. The van der Waals surface area contributed by atoms with Crippen LogP contribution in [0.2, 0.25) is 5.02 Å². The predicted octanol–water partition coefficient (Wildman–Crippen LogP) is 5.61. The number of anilines is 2. The lowest BCUT2D eigenvalue weighted by atomic mass is 10.2. The van der Waals surface area contributed by atoms with Crippen LogP contribution in [-0.4, -0.2) is 26.9 Å². The van der Waals surface area contributed by atoms with Gasteiger partial charge in [0, 0.05) is 23.0 Å². The minimum absolute atomic E-state index is 0.122. The molecular weight excluding hydrogens is 490 g/mol. The van der Waals surface area contributed by atoms with Crippen molar-refractivity contribution in [3.63, 3.8) is 0 Å². The van der Waals surface area contributed by atoms with E-state index in [1.54, 1.807) is 36.7 Å². The smallest absolute Gasteiger partial charge is 0.286 e. The Balaban J connectivity index is 1.28. The number of benzene rings is 2. The average Bonchev–Trinajstić information content (AvgIpc) is 3.45. The molecule has 0 aliphatic carbocycles. The van der Waals surface area contributed by atoms with Gasteiger partial charge in [0.2, 0.25) is 5.91 Å². The number of nitrogens with zero attached hydrogens (tertiary/aromatic N) is 3. The molecule has 0 fully saturated rings. The first-order valence-corrected chi connectivity index (χ1v) is 12.2. The number of nitrogens with one attached hydrogen (secondary N) is 2. The molecule has 5 rings (SSSR count). The summed E-state index contributed by atoms with van der Waals surface area (Å²) in [6, 6.07) is 14.6. The molecule has 7 nitrogen and oxygen atoms in total. The third-order valence-corrected chi connectivity index (χ3v) is 6.92. The molecule has 10 heteroatoms. The number of amides is 2. The van der Waals surface area contributed by atoms with Crippen molar-refractivity contribution in [2.75, 3.05) is 10.6 Å². The maximum absolute atomic E-state index is 12.5. The summed E-state index contributed by atoms with van der Waals surface area (Å²) in [5, 5.41) is 8.74. The number of amidine groups is 1. The number of aliphatic imine (C=N–C) groups is 1. The van der Waals surface area contributed by atoms with Crippen LogP contribution in [0.25, 0.3) is 17.1 Å². The molecule has 0 unspecified atom stereocenters. The predicted molar refractivity (Wildman–Crippen MR) is 139 cm³/mol. The fourth-order valence-electron chi connectivity index (χ4n) is 3.27. The first-order valence-electron chi connectivity index (χ1n) is 10.2. The number of rotatable bonds is 5. The molecule has 2 amide bonds. The Bertz CT molecular complexity index is 1470. The van der Waals surface area contributed by atoms with Gasteiger partial charge in [-0.15, -0.1) is 11.3 Å². The minimum atomic E-state index is -0.344. The molecule has 0 bridgehead atoms. The number of aromatic nitrogens is 2. The van der Waals surface area contributed by atoms with Crippen LogP contribution in [0.1, 0.15) is 10.4 Å². The van der Waals surface area contributed by atoms with Gasteiger partial charge in [0.1, 0.15) is 0 Å². The van der Waals surface area contributed by atoms with E-state index in [0.29, 0.717) is 32.9 Å². The maximum atomic E-state index is 12.5. The van der Waals surface area contributed by atoms with E-state index in [0.717, 1.165) is 21.5 Å².